The number of hydrogen-bond donors (Lipinski definition) is 1. The van der Waals surface area contributed by atoms with Crippen molar-refractivity contribution in [3.63, 3.8) is 0 Å². The summed E-state index contributed by atoms with van der Waals surface area (Å²) in [5, 5.41) is 0.851. The fraction of sp³-hybridized carbons (Fsp3) is 0.357. The Morgan fingerprint density at radius 2 is 1.95 bits per heavy atom. The Bertz CT molecular complexity index is 452. The van der Waals surface area contributed by atoms with Crippen LogP contribution in [0.1, 0.15) is 26.3 Å². The maximum atomic E-state index is 12.9. The highest BCUT2D eigenvalue weighted by Gasteiger charge is 2.21. The average Bonchev–Trinajstić information content (AvgIpc) is 2.34. The van der Waals surface area contributed by atoms with Crippen molar-refractivity contribution in [3.05, 3.63) is 42.2 Å². The quantitative estimate of drug-likeness (QED) is 0.519. The third-order valence-corrected chi connectivity index (χ3v) is 2.24. The average molecular weight is 266 g/mol. The third kappa shape index (κ3) is 5.09. The minimum absolute atomic E-state index is 0.0601. The second-order valence-electron chi connectivity index (χ2n) is 5.11. The van der Waals surface area contributed by atoms with Crippen LogP contribution in [0.15, 0.2) is 36.7 Å². The van der Waals surface area contributed by atoms with Gasteiger partial charge in [0.05, 0.1) is 12.9 Å². The summed E-state index contributed by atoms with van der Waals surface area (Å²) in [6.45, 7) is 5.15. The van der Waals surface area contributed by atoms with Gasteiger partial charge in [-0.15, -0.1) is 0 Å². The summed E-state index contributed by atoms with van der Waals surface area (Å²) in [6.07, 6.45) is -0.248. The molecule has 0 unspecified atom stereocenters. The van der Waals surface area contributed by atoms with Crippen LogP contribution < -0.4 is 5.84 Å². The number of hydrogen-bond acceptors (Lipinski definition) is 3. The molecule has 0 saturated heterocycles. The van der Waals surface area contributed by atoms with Crippen molar-refractivity contribution in [1.82, 2.24) is 5.01 Å². The second-order valence-corrected chi connectivity index (χ2v) is 5.11. The van der Waals surface area contributed by atoms with E-state index in [0.29, 0.717) is 17.5 Å². The molecule has 2 N–H and O–H groups in total. The van der Waals surface area contributed by atoms with Crippen molar-refractivity contribution in [2.45, 2.75) is 26.4 Å². The largest absolute Gasteiger partial charge is 0.443 e. The number of nitrogens with two attached hydrogens (primary N) is 1. The van der Waals surface area contributed by atoms with Gasteiger partial charge in [0.1, 0.15) is 5.60 Å². The molecule has 0 saturated carbocycles. The van der Waals surface area contributed by atoms with E-state index in [-0.39, 0.29) is 6.54 Å². The first-order valence-electron chi connectivity index (χ1n) is 5.93. The maximum Gasteiger partial charge on any atom is 0.424 e. The summed E-state index contributed by atoms with van der Waals surface area (Å²) in [7, 11) is 0. The number of nitrogens with zero attached hydrogens (tertiary/aromatic N) is 1. The number of hydrazine groups is 1. The van der Waals surface area contributed by atoms with E-state index in [1.54, 1.807) is 45.0 Å². The summed E-state index contributed by atoms with van der Waals surface area (Å²) in [4.78, 5) is 11.7. The van der Waals surface area contributed by atoms with E-state index in [2.05, 4.69) is 0 Å². The number of ether oxygens (including phenoxy) is 1. The minimum atomic E-state index is -0.692. The molecule has 0 heterocycles. The first-order valence-corrected chi connectivity index (χ1v) is 5.93. The molecular weight excluding hydrogens is 247 g/mol. The van der Waals surface area contributed by atoms with Gasteiger partial charge >= 0.3 is 6.09 Å². The monoisotopic (exact) mass is 266 g/mol. The Labute approximate surface area is 112 Å². The Kier molecular flexibility index (Phi) is 5.06. The van der Waals surface area contributed by atoms with Crippen molar-refractivity contribution < 1.29 is 13.9 Å². The predicted molar refractivity (Wildman–Crippen MR) is 72.7 cm³/mol. The molecule has 5 heteroatoms. The summed E-state index contributed by atoms with van der Waals surface area (Å²) in [6, 6.07) is 8.89. The van der Waals surface area contributed by atoms with E-state index >= 15 is 0 Å². The molecule has 0 aromatic heterocycles. The Balaban J connectivity index is 2.70. The van der Waals surface area contributed by atoms with Gasteiger partial charge in [-0.05, 0) is 26.3 Å². The fourth-order valence-electron chi connectivity index (χ4n) is 1.41. The van der Waals surface area contributed by atoms with E-state index in [1.807, 2.05) is 6.07 Å². The lowest BCUT2D eigenvalue weighted by molar-refractivity contribution is 0.0273. The van der Waals surface area contributed by atoms with E-state index in [4.69, 9.17) is 10.6 Å². The molecule has 0 aliphatic carbocycles. The predicted octanol–water partition coefficient (Wildman–Crippen LogP) is 3.11. The summed E-state index contributed by atoms with van der Waals surface area (Å²) in [5.74, 6) is 5.59. The third-order valence-electron chi connectivity index (χ3n) is 2.24. The molecular formula is C14H19FN2O2. The van der Waals surface area contributed by atoms with Crippen LogP contribution in [0, 0.1) is 0 Å². The summed E-state index contributed by atoms with van der Waals surface area (Å²) >= 11 is 0. The minimum Gasteiger partial charge on any atom is -0.443 e. The SMILES string of the molecule is CC(C)(C)OC(=O)N(N)CC(=CF)c1ccccc1. The Hall–Kier alpha value is -1.88. The molecule has 0 atom stereocenters. The van der Waals surface area contributed by atoms with Gasteiger partial charge in [-0.25, -0.2) is 20.0 Å². The van der Waals surface area contributed by atoms with Crippen molar-refractivity contribution >= 4 is 11.7 Å². The van der Waals surface area contributed by atoms with Gasteiger partial charge < -0.3 is 4.74 Å². The van der Waals surface area contributed by atoms with Crippen LogP contribution >= 0.6 is 0 Å². The zero-order chi connectivity index (χ0) is 14.5. The van der Waals surface area contributed by atoms with Gasteiger partial charge in [0.25, 0.3) is 0 Å². The van der Waals surface area contributed by atoms with Crippen LogP contribution in [0.4, 0.5) is 9.18 Å². The molecule has 0 bridgehead atoms. The lowest BCUT2D eigenvalue weighted by atomic mass is 10.1. The number of benzene rings is 1. The van der Waals surface area contributed by atoms with Crippen LogP contribution in [0.3, 0.4) is 0 Å². The molecule has 0 radical (unpaired) electrons. The number of carbonyl (C=O) groups excluding carboxylic acids is 1. The first-order chi connectivity index (χ1) is 8.83. The molecule has 4 nitrogen and oxygen atoms in total. The van der Waals surface area contributed by atoms with Gasteiger partial charge in [-0.1, -0.05) is 30.3 Å². The van der Waals surface area contributed by atoms with Gasteiger partial charge in [0.15, 0.2) is 0 Å². The standard InChI is InChI=1S/C14H19FN2O2/c1-14(2,3)19-13(18)17(16)10-12(9-15)11-7-5-4-6-8-11/h4-9H,10,16H2,1-3H3. The lowest BCUT2D eigenvalue weighted by Crippen LogP contribution is -2.42. The van der Waals surface area contributed by atoms with Crippen LogP contribution in [0.5, 0.6) is 0 Å². The lowest BCUT2D eigenvalue weighted by Gasteiger charge is -2.24. The van der Waals surface area contributed by atoms with E-state index in [1.165, 1.54) is 0 Å². The van der Waals surface area contributed by atoms with E-state index < -0.39 is 11.7 Å². The topological polar surface area (TPSA) is 55.6 Å². The van der Waals surface area contributed by atoms with Crippen LogP contribution in [0.25, 0.3) is 5.57 Å². The molecule has 1 aromatic rings. The van der Waals surface area contributed by atoms with Gasteiger partial charge in [-0.2, -0.15) is 0 Å². The molecule has 0 spiro atoms. The maximum absolute atomic E-state index is 12.9. The fourth-order valence-corrected chi connectivity index (χ4v) is 1.41. The molecule has 0 fully saturated rings. The van der Waals surface area contributed by atoms with Crippen molar-refractivity contribution in [3.8, 4) is 0 Å². The number of rotatable bonds is 3. The Morgan fingerprint density at radius 1 is 1.37 bits per heavy atom. The second kappa shape index (κ2) is 6.33. The molecule has 0 aliphatic heterocycles. The van der Waals surface area contributed by atoms with Crippen LogP contribution in [-0.2, 0) is 4.74 Å². The van der Waals surface area contributed by atoms with E-state index in [9.17, 15) is 9.18 Å². The normalized spacial score (nSPS) is 12.2. The zero-order valence-corrected chi connectivity index (χ0v) is 11.4. The number of halogens is 1. The van der Waals surface area contributed by atoms with Crippen molar-refractivity contribution in [2.75, 3.05) is 6.54 Å². The molecule has 0 aliphatic rings. The zero-order valence-electron chi connectivity index (χ0n) is 11.4. The molecule has 1 aromatic carbocycles. The van der Waals surface area contributed by atoms with Crippen molar-refractivity contribution in [2.24, 2.45) is 5.84 Å². The summed E-state index contributed by atoms with van der Waals surface area (Å²) < 4.78 is 18.0. The van der Waals surface area contributed by atoms with Crippen molar-refractivity contribution in [1.29, 1.82) is 0 Å². The smallest absolute Gasteiger partial charge is 0.424 e. The van der Waals surface area contributed by atoms with Crippen LogP contribution in [-0.4, -0.2) is 23.2 Å². The highest BCUT2D eigenvalue weighted by Crippen LogP contribution is 2.16. The summed E-state index contributed by atoms with van der Waals surface area (Å²) in [5.41, 5.74) is 0.346. The van der Waals surface area contributed by atoms with Crippen LogP contribution in [0.2, 0.25) is 0 Å². The van der Waals surface area contributed by atoms with Gasteiger partial charge in [0, 0.05) is 5.57 Å². The number of carbonyl (C=O) groups is 1. The molecule has 104 valence electrons. The van der Waals surface area contributed by atoms with Gasteiger partial charge in [-0.3, -0.25) is 0 Å². The first kappa shape index (κ1) is 15.2. The highest BCUT2D eigenvalue weighted by atomic mass is 19.1. The van der Waals surface area contributed by atoms with E-state index in [0.717, 1.165) is 5.01 Å². The Morgan fingerprint density at radius 3 is 2.42 bits per heavy atom. The highest BCUT2D eigenvalue weighted by molar-refractivity contribution is 5.73. The van der Waals surface area contributed by atoms with Gasteiger partial charge in [0.2, 0.25) is 0 Å². The molecule has 1 amide bonds. The molecule has 1 rings (SSSR count). The number of amides is 1. The molecule has 19 heavy (non-hydrogen) atoms.